The fraction of sp³-hybridized carbons (Fsp3) is 0.656. The quantitative estimate of drug-likeness (QED) is 0.231. The Morgan fingerprint density at radius 1 is 0.706 bits per heavy atom. The highest BCUT2D eigenvalue weighted by atomic mass is 16.5. The molecule has 1 heterocycles. The number of nitrogens with zero attached hydrogens (tertiary/aromatic N) is 1. The van der Waals surface area contributed by atoms with Gasteiger partial charge in [0.1, 0.15) is 5.75 Å². The molecule has 1 saturated carbocycles. The summed E-state index contributed by atoms with van der Waals surface area (Å²) < 4.78 is 6.03. The second kappa shape index (κ2) is 16.0. The normalized spacial score (nSPS) is 18.2. The molecule has 1 aromatic carbocycles. The molecule has 1 fully saturated rings. The summed E-state index contributed by atoms with van der Waals surface area (Å²) in [6, 6.07) is 12.9. The molecule has 0 amide bonds. The van der Waals surface area contributed by atoms with Crippen LogP contribution in [0.5, 0.6) is 5.75 Å². The zero-order chi connectivity index (χ0) is 23.8. The molecule has 3 rings (SSSR count). The average molecular weight is 464 g/mol. The average Bonchev–Trinajstić information content (AvgIpc) is 2.88. The van der Waals surface area contributed by atoms with Crippen LogP contribution in [0, 0.1) is 11.8 Å². The zero-order valence-electron chi connectivity index (χ0n) is 22.1. The molecular formula is C32H49NO. The molecule has 188 valence electrons. The molecule has 1 aliphatic rings. The highest BCUT2D eigenvalue weighted by Crippen LogP contribution is 2.33. The van der Waals surface area contributed by atoms with Gasteiger partial charge in [0, 0.05) is 11.8 Å². The molecule has 0 saturated heterocycles. The molecule has 0 radical (unpaired) electrons. The molecule has 1 aliphatic carbocycles. The standard InChI is InChI=1S/C32H49NO/c1-3-5-6-7-8-9-10-13-29-19-24-32(33-26-29)30-20-22-31(23-21-30)34-25-11-14-28-17-15-27(12-4-2)16-18-28/h19-24,26-28H,3-18,25H2,1-2H3. The molecule has 1 aromatic heterocycles. The molecule has 2 aromatic rings. The van der Waals surface area contributed by atoms with Crippen LogP contribution in [0.1, 0.15) is 116 Å². The predicted molar refractivity (Wildman–Crippen MR) is 146 cm³/mol. The molecule has 2 heteroatoms. The van der Waals surface area contributed by atoms with Crippen LogP contribution < -0.4 is 4.74 Å². The summed E-state index contributed by atoms with van der Waals surface area (Å²) in [7, 11) is 0. The van der Waals surface area contributed by atoms with E-state index < -0.39 is 0 Å². The van der Waals surface area contributed by atoms with Crippen molar-refractivity contribution in [3.63, 3.8) is 0 Å². The summed E-state index contributed by atoms with van der Waals surface area (Å²) in [6.07, 6.45) is 23.8. The number of aryl methyl sites for hydroxylation is 1. The van der Waals surface area contributed by atoms with Crippen LogP contribution >= 0.6 is 0 Å². The summed E-state index contributed by atoms with van der Waals surface area (Å²) in [4.78, 5) is 4.72. The summed E-state index contributed by atoms with van der Waals surface area (Å²) >= 11 is 0. The van der Waals surface area contributed by atoms with Gasteiger partial charge in [-0.05, 0) is 73.4 Å². The van der Waals surface area contributed by atoms with Gasteiger partial charge in [0.25, 0.3) is 0 Å². The molecule has 0 unspecified atom stereocenters. The lowest BCUT2D eigenvalue weighted by Crippen LogP contribution is -2.15. The summed E-state index contributed by atoms with van der Waals surface area (Å²) in [6.45, 7) is 5.43. The van der Waals surface area contributed by atoms with Crippen LogP contribution in [0.2, 0.25) is 0 Å². The fourth-order valence-electron chi connectivity index (χ4n) is 5.53. The monoisotopic (exact) mass is 463 g/mol. The first-order valence-electron chi connectivity index (χ1n) is 14.5. The Bertz CT molecular complexity index is 759. The lowest BCUT2D eigenvalue weighted by atomic mass is 9.78. The van der Waals surface area contributed by atoms with Crippen LogP contribution in [-0.2, 0) is 6.42 Å². The zero-order valence-corrected chi connectivity index (χ0v) is 22.1. The first-order chi connectivity index (χ1) is 16.8. The van der Waals surface area contributed by atoms with E-state index >= 15 is 0 Å². The van der Waals surface area contributed by atoms with Gasteiger partial charge in [-0.15, -0.1) is 0 Å². The minimum Gasteiger partial charge on any atom is -0.494 e. The summed E-state index contributed by atoms with van der Waals surface area (Å²) in [5.74, 6) is 2.91. The van der Waals surface area contributed by atoms with Gasteiger partial charge in [-0.1, -0.05) is 97.0 Å². The van der Waals surface area contributed by atoms with E-state index in [2.05, 4.69) is 56.4 Å². The third-order valence-electron chi connectivity index (χ3n) is 7.73. The van der Waals surface area contributed by atoms with Crippen molar-refractivity contribution in [2.75, 3.05) is 6.61 Å². The fourth-order valence-corrected chi connectivity index (χ4v) is 5.53. The Morgan fingerprint density at radius 3 is 2.03 bits per heavy atom. The third kappa shape index (κ3) is 9.80. The van der Waals surface area contributed by atoms with E-state index in [-0.39, 0.29) is 0 Å². The van der Waals surface area contributed by atoms with Crippen LogP contribution in [0.3, 0.4) is 0 Å². The summed E-state index contributed by atoms with van der Waals surface area (Å²) in [5.41, 5.74) is 3.57. The Hall–Kier alpha value is -1.83. The van der Waals surface area contributed by atoms with Gasteiger partial charge < -0.3 is 4.74 Å². The first kappa shape index (κ1) is 26.8. The lowest BCUT2D eigenvalue weighted by Gasteiger charge is -2.28. The van der Waals surface area contributed by atoms with Crippen molar-refractivity contribution in [1.29, 1.82) is 0 Å². The summed E-state index contributed by atoms with van der Waals surface area (Å²) in [5, 5.41) is 0. The van der Waals surface area contributed by atoms with Gasteiger partial charge in [0.15, 0.2) is 0 Å². The number of hydrogen-bond donors (Lipinski definition) is 0. The Labute approximate surface area is 209 Å². The van der Waals surface area contributed by atoms with E-state index in [1.165, 1.54) is 107 Å². The maximum atomic E-state index is 6.03. The number of benzene rings is 1. The largest absolute Gasteiger partial charge is 0.494 e. The van der Waals surface area contributed by atoms with E-state index in [0.29, 0.717) is 0 Å². The van der Waals surface area contributed by atoms with Crippen molar-refractivity contribution in [1.82, 2.24) is 4.98 Å². The Morgan fingerprint density at radius 2 is 1.38 bits per heavy atom. The van der Waals surface area contributed by atoms with Crippen molar-refractivity contribution >= 4 is 0 Å². The molecule has 0 N–H and O–H groups in total. The van der Waals surface area contributed by atoms with Gasteiger partial charge in [0.2, 0.25) is 0 Å². The van der Waals surface area contributed by atoms with Crippen LogP contribution in [0.4, 0.5) is 0 Å². The number of pyridine rings is 1. The number of unbranched alkanes of at least 4 members (excludes halogenated alkanes) is 6. The van der Waals surface area contributed by atoms with E-state index in [0.717, 1.165) is 36.3 Å². The van der Waals surface area contributed by atoms with Crippen molar-refractivity contribution in [3.8, 4) is 17.0 Å². The van der Waals surface area contributed by atoms with Crippen LogP contribution in [0.25, 0.3) is 11.3 Å². The number of hydrogen-bond acceptors (Lipinski definition) is 2. The van der Waals surface area contributed by atoms with Crippen molar-refractivity contribution in [2.45, 2.75) is 117 Å². The van der Waals surface area contributed by atoms with Gasteiger partial charge in [-0.25, -0.2) is 0 Å². The molecular weight excluding hydrogens is 414 g/mol. The topological polar surface area (TPSA) is 22.1 Å². The Kier molecular flexibility index (Phi) is 12.6. The Balaban J connectivity index is 1.31. The highest BCUT2D eigenvalue weighted by molar-refractivity contribution is 5.60. The minimum absolute atomic E-state index is 0.833. The van der Waals surface area contributed by atoms with Crippen molar-refractivity contribution < 1.29 is 4.74 Å². The molecule has 0 bridgehead atoms. The van der Waals surface area contributed by atoms with Crippen molar-refractivity contribution in [2.24, 2.45) is 11.8 Å². The molecule has 0 atom stereocenters. The van der Waals surface area contributed by atoms with Crippen molar-refractivity contribution in [3.05, 3.63) is 48.2 Å². The second-order valence-electron chi connectivity index (χ2n) is 10.6. The smallest absolute Gasteiger partial charge is 0.119 e. The molecule has 0 aliphatic heterocycles. The van der Waals surface area contributed by atoms with E-state index in [1.807, 2.05) is 0 Å². The molecule has 2 nitrogen and oxygen atoms in total. The first-order valence-corrected chi connectivity index (χ1v) is 14.5. The molecule has 0 spiro atoms. The highest BCUT2D eigenvalue weighted by Gasteiger charge is 2.20. The maximum absolute atomic E-state index is 6.03. The van der Waals surface area contributed by atoms with Gasteiger partial charge >= 0.3 is 0 Å². The van der Waals surface area contributed by atoms with E-state index in [9.17, 15) is 0 Å². The lowest BCUT2D eigenvalue weighted by molar-refractivity contribution is 0.230. The number of aromatic nitrogens is 1. The van der Waals surface area contributed by atoms with Gasteiger partial charge in [-0.2, -0.15) is 0 Å². The van der Waals surface area contributed by atoms with E-state index in [1.54, 1.807) is 0 Å². The van der Waals surface area contributed by atoms with Gasteiger partial charge in [0.05, 0.1) is 12.3 Å². The SMILES string of the molecule is CCCCCCCCCc1ccc(-c2ccc(OCCCC3CCC(CCC)CC3)cc2)nc1. The molecule has 34 heavy (non-hydrogen) atoms. The number of ether oxygens (including phenoxy) is 1. The minimum atomic E-state index is 0.833. The number of rotatable bonds is 16. The van der Waals surface area contributed by atoms with Crippen LogP contribution in [-0.4, -0.2) is 11.6 Å². The van der Waals surface area contributed by atoms with Gasteiger partial charge in [-0.3, -0.25) is 4.98 Å². The van der Waals surface area contributed by atoms with Crippen LogP contribution in [0.15, 0.2) is 42.6 Å². The predicted octanol–water partition coefficient (Wildman–Crippen LogP) is 9.81. The third-order valence-corrected chi connectivity index (χ3v) is 7.73. The second-order valence-corrected chi connectivity index (χ2v) is 10.6. The maximum Gasteiger partial charge on any atom is 0.119 e. The van der Waals surface area contributed by atoms with E-state index in [4.69, 9.17) is 9.72 Å².